The van der Waals surface area contributed by atoms with Crippen LogP contribution in [0.4, 0.5) is 5.88 Å². The fourth-order valence-electron chi connectivity index (χ4n) is 3.75. The lowest BCUT2D eigenvalue weighted by molar-refractivity contribution is 0.415. The number of ether oxygens (including phenoxy) is 1. The largest absolute Gasteiger partial charge is 0.497 e. The molecule has 0 radical (unpaired) electrons. The van der Waals surface area contributed by atoms with Crippen molar-refractivity contribution in [3.8, 4) is 34.9 Å². The number of nitriles is 2. The van der Waals surface area contributed by atoms with Gasteiger partial charge in [-0.2, -0.15) is 15.2 Å². The zero-order valence-electron chi connectivity index (χ0n) is 17.5. The summed E-state index contributed by atoms with van der Waals surface area (Å²) in [4.78, 5) is 13.2. The number of aromatic nitrogens is 1. The van der Waals surface area contributed by atoms with Crippen LogP contribution in [0.25, 0.3) is 22.9 Å². The van der Waals surface area contributed by atoms with Gasteiger partial charge in [0.1, 0.15) is 34.4 Å². The van der Waals surface area contributed by atoms with Crippen LogP contribution >= 0.6 is 0 Å². The van der Waals surface area contributed by atoms with Crippen molar-refractivity contribution in [3.63, 3.8) is 0 Å². The number of methoxy groups -OCH3 is 1. The zero-order valence-corrected chi connectivity index (χ0v) is 17.5. The molecule has 4 rings (SSSR count). The normalized spacial score (nSPS) is 12.2. The third-order valence-electron chi connectivity index (χ3n) is 5.26. The molecule has 0 fully saturated rings. The van der Waals surface area contributed by atoms with Crippen LogP contribution in [0.5, 0.6) is 11.6 Å². The Bertz CT molecular complexity index is 1600. The van der Waals surface area contributed by atoms with Crippen molar-refractivity contribution in [1.82, 2.24) is 4.68 Å². The molecule has 10 nitrogen and oxygen atoms in total. The van der Waals surface area contributed by atoms with E-state index in [1.807, 2.05) is 12.1 Å². The Balaban J connectivity index is 1.98. The topological polar surface area (TPSA) is 174 Å². The Morgan fingerprint density at radius 1 is 1.24 bits per heavy atom. The number of nitrogens with two attached hydrogens (primary N) is 1. The van der Waals surface area contributed by atoms with E-state index in [0.717, 1.165) is 4.68 Å². The molecule has 164 valence electrons. The Labute approximate surface area is 186 Å². The average molecular weight is 442 g/mol. The summed E-state index contributed by atoms with van der Waals surface area (Å²) in [5.41, 5.74) is 8.24. The van der Waals surface area contributed by atoms with Gasteiger partial charge in [-0.15, -0.1) is 0 Å². The van der Waals surface area contributed by atoms with E-state index in [9.17, 15) is 20.4 Å². The van der Waals surface area contributed by atoms with Gasteiger partial charge in [0.25, 0.3) is 5.56 Å². The van der Waals surface area contributed by atoms with Crippen molar-refractivity contribution in [2.75, 3.05) is 18.3 Å². The second kappa shape index (κ2) is 8.29. The highest BCUT2D eigenvalue weighted by atomic mass is 16.5. The van der Waals surface area contributed by atoms with Crippen LogP contribution in [0.3, 0.4) is 0 Å². The highest BCUT2D eigenvalue weighted by molar-refractivity contribution is 5.78. The quantitative estimate of drug-likeness (QED) is 0.453. The Kier molecular flexibility index (Phi) is 5.34. The lowest BCUT2D eigenvalue weighted by Crippen LogP contribution is -2.45. The first-order chi connectivity index (χ1) is 15.9. The summed E-state index contributed by atoms with van der Waals surface area (Å²) in [6.45, 7) is 0. The second-order valence-electron chi connectivity index (χ2n) is 7.18. The molecule has 5 N–H and O–H groups in total. The van der Waals surface area contributed by atoms with E-state index in [4.69, 9.17) is 20.3 Å². The summed E-state index contributed by atoms with van der Waals surface area (Å²) in [6, 6.07) is 11.5. The summed E-state index contributed by atoms with van der Waals surface area (Å²) < 4.78 is 11.3. The fraction of sp³-hybridized carbons (Fsp3) is 0.130. The number of rotatable bonds is 4. The first-order valence-corrected chi connectivity index (χ1v) is 9.80. The minimum Gasteiger partial charge on any atom is -0.497 e. The number of anilines is 1. The first-order valence-electron chi connectivity index (χ1n) is 9.80. The van der Waals surface area contributed by atoms with Gasteiger partial charge >= 0.3 is 0 Å². The molecule has 1 aromatic carbocycles. The molecule has 10 heteroatoms. The molecule has 2 aromatic heterocycles. The smallest absolute Gasteiger partial charge is 0.290 e. The molecule has 0 unspecified atom stereocenters. The molecule has 3 aromatic rings. The third-order valence-corrected chi connectivity index (χ3v) is 5.26. The van der Waals surface area contributed by atoms with Gasteiger partial charge < -0.3 is 20.0 Å². The summed E-state index contributed by atoms with van der Waals surface area (Å²) in [5, 5.41) is 39.1. The van der Waals surface area contributed by atoms with Crippen molar-refractivity contribution < 1.29 is 14.3 Å². The summed E-state index contributed by atoms with van der Waals surface area (Å²) in [7, 11) is 1.50. The number of hydrogen-bond acceptors (Lipinski definition) is 9. The molecular formula is C23H18N6O4. The van der Waals surface area contributed by atoms with E-state index < -0.39 is 11.4 Å². The van der Waals surface area contributed by atoms with Gasteiger partial charge in [0.15, 0.2) is 5.88 Å². The van der Waals surface area contributed by atoms with Crippen molar-refractivity contribution in [3.05, 3.63) is 67.8 Å². The highest BCUT2D eigenvalue weighted by Crippen LogP contribution is 2.32. The van der Waals surface area contributed by atoms with Gasteiger partial charge in [0.05, 0.1) is 17.7 Å². The van der Waals surface area contributed by atoms with Gasteiger partial charge in [-0.25, -0.2) is 0 Å². The maximum absolute atomic E-state index is 13.2. The van der Waals surface area contributed by atoms with E-state index in [1.54, 1.807) is 30.3 Å². The fourth-order valence-corrected chi connectivity index (χ4v) is 3.75. The van der Waals surface area contributed by atoms with Crippen molar-refractivity contribution in [1.29, 1.82) is 15.9 Å². The summed E-state index contributed by atoms with van der Waals surface area (Å²) in [6.07, 6.45) is 2.69. The number of nitrogen functional groups attached to an aromatic ring is 1. The van der Waals surface area contributed by atoms with Crippen molar-refractivity contribution in [2.24, 2.45) is 0 Å². The molecule has 1 aliphatic rings. The van der Waals surface area contributed by atoms with E-state index in [-0.39, 0.29) is 27.9 Å². The van der Waals surface area contributed by atoms with E-state index in [0.29, 0.717) is 40.5 Å². The van der Waals surface area contributed by atoms with E-state index in [1.165, 1.54) is 13.2 Å². The van der Waals surface area contributed by atoms with Crippen LogP contribution in [0, 0.1) is 28.1 Å². The number of hydrogen-bond donors (Lipinski definition) is 4. The summed E-state index contributed by atoms with van der Waals surface area (Å²) in [5.74, 6) is -0.0371. The number of nitrogens with one attached hydrogen (secondary N) is 2. The molecule has 0 spiro atoms. The number of fused-ring (bicyclic) bond motifs is 1. The molecule has 0 saturated heterocycles. The van der Waals surface area contributed by atoms with Gasteiger partial charge in [-0.1, -0.05) is 12.1 Å². The average Bonchev–Trinajstić information content (AvgIpc) is 2.81. The maximum Gasteiger partial charge on any atom is 0.290 e. The first kappa shape index (κ1) is 21.3. The van der Waals surface area contributed by atoms with Crippen molar-refractivity contribution >= 4 is 17.7 Å². The molecule has 1 aliphatic carbocycles. The molecule has 0 bridgehead atoms. The third kappa shape index (κ3) is 3.56. The predicted octanol–water partition coefficient (Wildman–Crippen LogP) is 0.554. The zero-order chi connectivity index (χ0) is 23.7. The minimum absolute atomic E-state index is 0.0227. The molecule has 0 atom stereocenters. The number of aromatic hydroxyl groups is 1. The minimum atomic E-state index is -0.845. The number of pyridine rings is 1. The van der Waals surface area contributed by atoms with E-state index in [2.05, 4.69) is 5.43 Å². The SMILES string of the molecule is COc1ccc(-c2c(C#N)c(O)n(NC3=c4c(=N)cc(N)oc4=CCC3)c(=O)c2C#N)cc1. The Morgan fingerprint density at radius 3 is 2.58 bits per heavy atom. The van der Waals surface area contributed by atoms with Crippen LogP contribution in [-0.2, 0) is 0 Å². The Morgan fingerprint density at radius 2 is 1.94 bits per heavy atom. The maximum atomic E-state index is 13.2. The highest BCUT2D eigenvalue weighted by Gasteiger charge is 2.24. The second-order valence-corrected chi connectivity index (χ2v) is 7.18. The molecule has 2 heterocycles. The molecule has 0 amide bonds. The van der Waals surface area contributed by atoms with Gasteiger partial charge in [0, 0.05) is 17.3 Å². The lowest BCUT2D eigenvalue weighted by atomic mass is 9.97. The standard InChI is InChI=1S/C23H18N6O4/c1-32-13-7-5-12(6-8-13)20-14(10-24)22(30)29(23(31)15(20)11-25)28-17-3-2-4-18-21(17)16(26)9-19(27)33-18/h4-9,26,28,30H,2-3,27H2,1H3. The number of nitrogens with zero attached hydrogens (tertiary/aromatic N) is 3. The monoisotopic (exact) mass is 442 g/mol. The molecule has 0 saturated carbocycles. The predicted molar refractivity (Wildman–Crippen MR) is 118 cm³/mol. The van der Waals surface area contributed by atoms with E-state index >= 15 is 0 Å². The van der Waals surface area contributed by atoms with Crippen LogP contribution in [0.1, 0.15) is 24.0 Å². The lowest BCUT2D eigenvalue weighted by Gasteiger charge is -2.19. The molecular weight excluding hydrogens is 424 g/mol. The molecule has 33 heavy (non-hydrogen) atoms. The van der Waals surface area contributed by atoms with Crippen LogP contribution < -0.4 is 37.4 Å². The van der Waals surface area contributed by atoms with Crippen molar-refractivity contribution in [2.45, 2.75) is 12.8 Å². The number of benzene rings is 1. The van der Waals surface area contributed by atoms with Crippen LogP contribution in [-0.4, -0.2) is 16.9 Å². The van der Waals surface area contributed by atoms with Gasteiger partial charge in [0.2, 0.25) is 5.88 Å². The van der Waals surface area contributed by atoms with Gasteiger partial charge in [-0.05, 0) is 36.6 Å². The Hall–Kier alpha value is -4.96. The van der Waals surface area contributed by atoms with Gasteiger partial charge in [-0.3, -0.25) is 15.6 Å². The molecule has 0 aliphatic heterocycles. The summed E-state index contributed by atoms with van der Waals surface area (Å²) >= 11 is 0. The van der Waals surface area contributed by atoms with Crippen LogP contribution in [0.2, 0.25) is 0 Å². The van der Waals surface area contributed by atoms with Crippen LogP contribution in [0.15, 0.2) is 39.5 Å².